The molecule has 0 spiro atoms. The topological polar surface area (TPSA) is 38.5 Å². The molecule has 4 heteroatoms. The molecule has 2 rings (SSSR count). The van der Waals surface area contributed by atoms with E-state index in [9.17, 15) is 0 Å². The van der Waals surface area contributed by atoms with Gasteiger partial charge in [0.15, 0.2) is 0 Å². The highest BCUT2D eigenvalue weighted by Gasteiger charge is 2.37. The van der Waals surface area contributed by atoms with Crippen molar-refractivity contribution in [3.05, 3.63) is 33.8 Å². The van der Waals surface area contributed by atoms with Gasteiger partial charge in [0, 0.05) is 29.5 Å². The second kappa shape index (κ2) is 6.35. The minimum Gasteiger partial charge on any atom is -0.380 e. The van der Waals surface area contributed by atoms with E-state index in [-0.39, 0.29) is 5.41 Å². The van der Waals surface area contributed by atoms with Gasteiger partial charge in [-0.2, -0.15) is 0 Å². The summed E-state index contributed by atoms with van der Waals surface area (Å²) in [7, 11) is 2.17. The van der Waals surface area contributed by atoms with Crippen LogP contribution in [-0.2, 0) is 11.2 Å². The Morgan fingerprint density at radius 1 is 1.42 bits per heavy atom. The summed E-state index contributed by atoms with van der Waals surface area (Å²) >= 11 is 3.54. The van der Waals surface area contributed by atoms with Crippen LogP contribution in [0.15, 0.2) is 22.7 Å². The van der Waals surface area contributed by atoms with Crippen LogP contribution in [0.3, 0.4) is 0 Å². The Morgan fingerprint density at radius 2 is 2.16 bits per heavy atom. The first-order valence-corrected chi connectivity index (χ1v) is 7.55. The van der Waals surface area contributed by atoms with Crippen LogP contribution >= 0.6 is 15.9 Å². The molecule has 0 bridgehead atoms. The Morgan fingerprint density at radius 3 is 2.74 bits per heavy atom. The summed E-state index contributed by atoms with van der Waals surface area (Å²) in [6, 6.07) is 6.48. The van der Waals surface area contributed by atoms with Gasteiger partial charge in [-0.25, -0.2) is 0 Å². The second-order valence-corrected chi connectivity index (χ2v) is 6.67. The quantitative estimate of drug-likeness (QED) is 0.871. The zero-order valence-corrected chi connectivity index (χ0v) is 13.4. The molecule has 3 nitrogen and oxygen atoms in total. The molecule has 0 atom stereocenters. The first-order chi connectivity index (χ1) is 9.04. The largest absolute Gasteiger partial charge is 0.380 e. The molecule has 0 saturated carbocycles. The van der Waals surface area contributed by atoms with E-state index in [2.05, 4.69) is 53.0 Å². The molecule has 0 aliphatic carbocycles. The molecule has 0 radical (unpaired) electrons. The molecule has 2 N–H and O–H groups in total. The molecular weight excluding hydrogens is 304 g/mol. The van der Waals surface area contributed by atoms with Crippen molar-refractivity contribution < 1.29 is 4.74 Å². The Labute approximate surface area is 124 Å². The molecule has 0 amide bonds. The highest BCUT2D eigenvalue weighted by atomic mass is 79.9. The van der Waals surface area contributed by atoms with Crippen molar-refractivity contribution in [2.75, 3.05) is 39.9 Å². The van der Waals surface area contributed by atoms with E-state index < -0.39 is 0 Å². The highest BCUT2D eigenvalue weighted by molar-refractivity contribution is 9.10. The molecule has 0 unspecified atom stereocenters. The Bertz CT molecular complexity index is 427. The number of likely N-dealkylation sites (N-methyl/N-ethyl adjacent to an activating group) is 1. The van der Waals surface area contributed by atoms with Gasteiger partial charge in [-0.3, -0.25) is 0 Å². The third kappa shape index (κ3) is 3.78. The smallest absolute Gasteiger partial charge is 0.0569 e. The fourth-order valence-corrected chi connectivity index (χ4v) is 2.95. The lowest BCUT2D eigenvalue weighted by molar-refractivity contribution is -0.117. The number of rotatable bonds is 6. The summed E-state index contributed by atoms with van der Waals surface area (Å²) in [6.07, 6.45) is 1.07. The van der Waals surface area contributed by atoms with E-state index in [0.29, 0.717) is 6.54 Å². The van der Waals surface area contributed by atoms with Gasteiger partial charge in [0.05, 0.1) is 13.2 Å². The lowest BCUT2D eigenvalue weighted by atomic mass is 9.85. The van der Waals surface area contributed by atoms with Crippen LogP contribution < -0.4 is 5.73 Å². The summed E-state index contributed by atoms with van der Waals surface area (Å²) in [5.41, 5.74) is 8.82. The third-order valence-electron chi connectivity index (χ3n) is 3.93. The lowest BCUT2D eigenvalue weighted by Crippen LogP contribution is -2.54. The van der Waals surface area contributed by atoms with Crippen molar-refractivity contribution in [3.63, 3.8) is 0 Å². The van der Waals surface area contributed by atoms with E-state index >= 15 is 0 Å². The molecule has 19 heavy (non-hydrogen) atoms. The van der Waals surface area contributed by atoms with Crippen LogP contribution in [0.1, 0.15) is 11.1 Å². The summed E-state index contributed by atoms with van der Waals surface area (Å²) in [6.45, 7) is 6.58. The van der Waals surface area contributed by atoms with E-state index in [0.717, 1.165) is 37.2 Å². The van der Waals surface area contributed by atoms with Crippen molar-refractivity contribution in [1.82, 2.24) is 4.90 Å². The zero-order chi connectivity index (χ0) is 13.9. The maximum absolute atomic E-state index is 5.86. The number of halogens is 1. The standard InChI is InChI=1S/C15H23BrN2O/c1-12-3-4-14(16)7-13(12)5-6-18(2)9-15(8-17)10-19-11-15/h3-4,7H,5-6,8-11,17H2,1-2H3. The van der Waals surface area contributed by atoms with Gasteiger partial charge in [0.25, 0.3) is 0 Å². The van der Waals surface area contributed by atoms with Crippen LogP contribution in [0.2, 0.25) is 0 Å². The third-order valence-corrected chi connectivity index (χ3v) is 4.42. The predicted octanol–water partition coefficient (Wildman–Crippen LogP) is 2.21. The van der Waals surface area contributed by atoms with E-state index in [4.69, 9.17) is 10.5 Å². The molecule has 1 heterocycles. The lowest BCUT2D eigenvalue weighted by Gasteiger charge is -2.43. The Balaban J connectivity index is 1.86. The van der Waals surface area contributed by atoms with Gasteiger partial charge < -0.3 is 15.4 Å². The summed E-state index contributed by atoms with van der Waals surface area (Å²) in [5, 5.41) is 0. The van der Waals surface area contributed by atoms with Gasteiger partial charge in [0.2, 0.25) is 0 Å². The van der Waals surface area contributed by atoms with Gasteiger partial charge >= 0.3 is 0 Å². The van der Waals surface area contributed by atoms with Crippen LogP contribution in [0.25, 0.3) is 0 Å². The van der Waals surface area contributed by atoms with E-state index in [1.807, 2.05) is 0 Å². The number of hydrogen-bond donors (Lipinski definition) is 1. The van der Waals surface area contributed by atoms with Gasteiger partial charge in [-0.05, 0) is 43.7 Å². The monoisotopic (exact) mass is 326 g/mol. The van der Waals surface area contributed by atoms with Crippen molar-refractivity contribution in [1.29, 1.82) is 0 Å². The van der Waals surface area contributed by atoms with E-state index in [1.54, 1.807) is 0 Å². The Kier molecular flexibility index (Phi) is 5.01. The molecule has 1 aliphatic rings. The number of ether oxygens (including phenoxy) is 1. The fourth-order valence-electron chi connectivity index (χ4n) is 2.54. The maximum Gasteiger partial charge on any atom is 0.0569 e. The van der Waals surface area contributed by atoms with Crippen LogP contribution in [0, 0.1) is 12.3 Å². The SMILES string of the molecule is Cc1ccc(Br)cc1CCN(C)CC1(CN)COC1. The summed E-state index contributed by atoms with van der Waals surface area (Å²) in [4.78, 5) is 2.37. The average Bonchev–Trinajstić information content (AvgIpc) is 2.35. The normalized spacial score (nSPS) is 17.5. The first kappa shape index (κ1) is 15.0. The molecule has 1 aliphatic heterocycles. The Hall–Kier alpha value is -0.420. The van der Waals surface area contributed by atoms with Gasteiger partial charge in [0.1, 0.15) is 0 Å². The molecule has 106 valence electrons. The fraction of sp³-hybridized carbons (Fsp3) is 0.600. The molecule has 1 fully saturated rings. The maximum atomic E-state index is 5.86. The number of nitrogens with zero attached hydrogens (tertiary/aromatic N) is 1. The van der Waals surface area contributed by atoms with Gasteiger partial charge in [-0.15, -0.1) is 0 Å². The second-order valence-electron chi connectivity index (χ2n) is 5.76. The number of benzene rings is 1. The summed E-state index contributed by atoms with van der Waals surface area (Å²) in [5.74, 6) is 0. The van der Waals surface area contributed by atoms with Crippen molar-refractivity contribution in [2.45, 2.75) is 13.3 Å². The number of aryl methyl sites for hydroxylation is 1. The molecule has 0 aromatic heterocycles. The van der Waals surface area contributed by atoms with E-state index in [1.165, 1.54) is 11.1 Å². The average molecular weight is 327 g/mol. The van der Waals surface area contributed by atoms with Crippen molar-refractivity contribution >= 4 is 15.9 Å². The minimum atomic E-state index is 0.196. The zero-order valence-electron chi connectivity index (χ0n) is 11.8. The van der Waals surface area contributed by atoms with Crippen LogP contribution in [0.4, 0.5) is 0 Å². The molecular formula is C15H23BrN2O. The predicted molar refractivity (Wildman–Crippen MR) is 82.4 cm³/mol. The van der Waals surface area contributed by atoms with Gasteiger partial charge in [-0.1, -0.05) is 22.0 Å². The number of nitrogens with two attached hydrogens (primary N) is 1. The van der Waals surface area contributed by atoms with Crippen molar-refractivity contribution in [2.24, 2.45) is 11.1 Å². The van der Waals surface area contributed by atoms with Crippen molar-refractivity contribution in [3.8, 4) is 0 Å². The van der Waals surface area contributed by atoms with Crippen LogP contribution in [0.5, 0.6) is 0 Å². The first-order valence-electron chi connectivity index (χ1n) is 6.76. The molecule has 1 saturated heterocycles. The summed E-state index contributed by atoms with van der Waals surface area (Å²) < 4.78 is 6.47. The molecule has 1 aromatic rings. The number of hydrogen-bond acceptors (Lipinski definition) is 3. The molecule has 1 aromatic carbocycles. The minimum absolute atomic E-state index is 0.196. The highest BCUT2D eigenvalue weighted by Crippen LogP contribution is 2.27. The van der Waals surface area contributed by atoms with Crippen LogP contribution in [-0.4, -0.2) is 44.8 Å².